The molecular weight excluding hydrogens is 441 g/mol. The number of likely N-dealkylation sites (tertiary alicyclic amines) is 1. The first kappa shape index (κ1) is 23.0. The first-order valence-electron chi connectivity index (χ1n) is 10.4. The lowest BCUT2D eigenvalue weighted by molar-refractivity contribution is -0.274. The molecule has 4 rings (SSSR count). The molecule has 1 aliphatic rings. The number of pyridine rings is 1. The molecule has 1 aliphatic heterocycles. The first-order valence-corrected chi connectivity index (χ1v) is 10.4. The summed E-state index contributed by atoms with van der Waals surface area (Å²) in [6, 6.07) is 9.29. The summed E-state index contributed by atoms with van der Waals surface area (Å²) in [4.78, 5) is 10.9. The van der Waals surface area contributed by atoms with E-state index < -0.39 is 6.36 Å². The van der Waals surface area contributed by atoms with Crippen LogP contribution in [0.25, 0.3) is 11.5 Å². The fourth-order valence-corrected chi connectivity index (χ4v) is 3.71. The number of hydrogen-bond acceptors (Lipinski definition) is 8. The van der Waals surface area contributed by atoms with E-state index in [0.717, 1.165) is 19.4 Å². The van der Waals surface area contributed by atoms with E-state index in [4.69, 9.17) is 14.0 Å². The Hall–Kier alpha value is -3.18. The molecule has 0 N–H and O–H groups in total. The highest BCUT2D eigenvalue weighted by Crippen LogP contribution is 2.34. The van der Waals surface area contributed by atoms with Crippen LogP contribution in [-0.4, -0.2) is 53.3 Å². The van der Waals surface area contributed by atoms with Crippen LogP contribution in [-0.2, 0) is 11.3 Å². The van der Waals surface area contributed by atoms with Crippen LogP contribution in [0.1, 0.15) is 30.3 Å². The van der Waals surface area contributed by atoms with Gasteiger partial charge in [0.1, 0.15) is 23.8 Å². The lowest BCUT2D eigenvalue weighted by Gasteiger charge is -2.21. The first-order chi connectivity index (χ1) is 15.9. The summed E-state index contributed by atoms with van der Waals surface area (Å²) >= 11 is 0. The van der Waals surface area contributed by atoms with Gasteiger partial charge in [-0.2, -0.15) is 4.98 Å². The molecule has 2 aromatic heterocycles. The number of methoxy groups -OCH3 is 1. The van der Waals surface area contributed by atoms with E-state index in [1.807, 2.05) is 0 Å². The maximum absolute atomic E-state index is 12.5. The summed E-state index contributed by atoms with van der Waals surface area (Å²) in [6.07, 6.45) is -1.42. The summed E-state index contributed by atoms with van der Waals surface area (Å²) in [5.74, 6) is 1.16. The summed E-state index contributed by atoms with van der Waals surface area (Å²) in [7, 11) is 1.60. The summed E-state index contributed by atoms with van der Waals surface area (Å²) in [5.41, 5.74) is 1.22. The van der Waals surface area contributed by atoms with E-state index in [1.165, 1.54) is 12.1 Å². The molecule has 33 heavy (non-hydrogen) atoms. The monoisotopic (exact) mass is 464 g/mol. The van der Waals surface area contributed by atoms with Gasteiger partial charge in [-0.05, 0) is 43.1 Å². The summed E-state index contributed by atoms with van der Waals surface area (Å²) in [5, 5.41) is 4.06. The van der Waals surface area contributed by atoms with Crippen LogP contribution in [0.15, 0.2) is 47.1 Å². The molecule has 11 heteroatoms. The van der Waals surface area contributed by atoms with Crippen LogP contribution in [0.2, 0.25) is 0 Å². The molecule has 0 amide bonds. The van der Waals surface area contributed by atoms with Gasteiger partial charge in [0.05, 0.1) is 12.6 Å². The molecule has 1 atom stereocenters. The maximum atomic E-state index is 12.5. The molecule has 1 aromatic carbocycles. The van der Waals surface area contributed by atoms with Crippen LogP contribution in [0.3, 0.4) is 0 Å². The minimum Gasteiger partial charge on any atom is -0.491 e. The maximum Gasteiger partial charge on any atom is 0.573 e. The highest BCUT2D eigenvalue weighted by Gasteiger charge is 2.32. The number of benzene rings is 1. The highest BCUT2D eigenvalue weighted by atomic mass is 19.4. The molecule has 0 aliphatic carbocycles. The number of ether oxygens (including phenoxy) is 3. The molecule has 0 unspecified atom stereocenters. The van der Waals surface area contributed by atoms with Gasteiger partial charge in [0.2, 0.25) is 11.7 Å². The van der Waals surface area contributed by atoms with Crippen molar-refractivity contribution in [2.75, 3.05) is 26.9 Å². The van der Waals surface area contributed by atoms with Gasteiger partial charge >= 0.3 is 6.36 Å². The van der Waals surface area contributed by atoms with Gasteiger partial charge in [-0.3, -0.25) is 9.88 Å². The van der Waals surface area contributed by atoms with Gasteiger partial charge in [-0.25, -0.2) is 0 Å². The zero-order valence-electron chi connectivity index (χ0n) is 17.9. The molecule has 3 heterocycles. The topological polar surface area (TPSA) is 82.7 Å². The van der Waals surface area contributed by atoms with E-state index >= 15 is 0 Å². The fraction of sp³-hybridized carbons (Fsp3) is 0.409. The second-order valence-corrected chi connectivity index (χ2v) is 7.50. The normalized spacial score (nSPS) is 16.8. The van der Waals surface area contributed by atoms with Crippen molar-refractivity contribution in [1.82, 2.24) is 20.0 Å². The van der Waals surface area contributed by atoms with E-state index in [9.17, 15) is 13.2 Å². The highest BCUT2D eigenvalue weighted by molar-refractivity contribution is 5.50. The number of alkyl halides is 3. The van der Waals surface area contributed by atoms with Crippen LogP contribution in [0.4, 0.5) is 13.2 Å². The minimum absolute atomic E-state index is 0.139. The van der Waals surface area contributed by atoms with E-state index in [-0.39, 0.29) is 11.8 Å². The second kappa shape index (κ2) is 10.2. The molecule has 0 radical (unpaired) electrons. The molecule has 0 spiro atoms. The van der Waals surface area contributed by atoms with Gasteiger partial charge in [0.25, 0.3) is 0 Å². The van der Waals surface area contributed by atoms with Gasteiger partial charge in [-0.15, -0.1) is 13.2 Å². The van der Waals surface area contributed by atoms with Gasteiger partial charge in [0.15, 0.2) is 0 Å². The quantitative estimate of drug-likeness (QED) is 0.431. The third-order valence-corrected chi connectivity index (χ3v) is 5.12. The minimum atomic E-state index is -4.73. The van der Waals surface area contributed by atoms with Crippen LogP contribution in [0, 0.1) is 0 Å². The van der Waals surface area contributed by atoms with Crippen molar-refractivity contribution in [3.05, 3.63) is 54.0 Å². The smallest absolute Gasteiger partial charge is 0.491 e. The summed E-state index contributed by atoms with van der Waals surface area (Å²) < 4.78 is 57.7. The molecule has 1 fully saturated rings. The Bertz CT molecular complexity index is 1060. The molecule has 1 saturated heterocycles. The van der Waals surface area contributed by atoms with Gasteiger partial charge < -0.3 is 18.7 Å². The van der Waals surface area contributed by atoms with E-state index in [1.54, 1.807) is 37.6 Å². The van der Waals surface area contributed by atoms with Crippen molar-refractivity contribution in [3.63, 3.8) is 0 Å². The Morgan fingerprint density at radius 1 is 1.15 bits per heavy atom. The lowest BCUT2D eigenvalue weighted by Crippen LogP contribution is -2.23. The Labute approximate surface area is 188 Å². The van der Waals surface area contributed by atoms with Crippen molar-refractivity contribution in [2.45, 2.75) is 31.8 Å². The predicted octanol–water partition coefficient (Wildman–Crippen LogP) is 4.39. The Balaban J connectivity index is 1.45. The molecular formula is C22H23F3N4O4. The average molecular weight is 464 g/mol. The van der Waals surface area contributed by atoms with E-state index in [2.05, 4.69) is 24.8 Å². The van der Waals surface area contributed by atoms with Gasteiger partial charge in [0, 0.05) is 25.9 Å². The third kappa shape index (κ3) is 6.20. The molecule has 3 aromatic rings. The SMILES string of the molecule is COCCOc1ccnc(-c2noc([C@@H]3CCCN3Cc3cccc(OC(F)(F)F)c3)n2)c1. The molecule has 8 nitrogen and oxygen atoms in total. The fourth-order valence-electron chi connectivity index (χ4n) is 3.71. The number of hydrogen-bond donors (Lipinski definition) is 0. The van der Waals surface area contributed by atoms with Crippen molar-refractivity contribution in [1.29, 1.82) is 0 Å². The standard InChI is InChI=1S/C22H23F3N4O4/c1-30-10-11-31-16-7-8-26-18(13-16)20-27-21(33-28-20)19-6-3-9-29(19)14-15-4-2-5-17(12-15)32-22(23,24)25/h2,4-5,7-8,12-13,19H,3,6,9-11,14H2,1H3/t19-/m0/s1. The lowest BCUT2D eigenvalue weighted by atomic mass is 10.1. The van der Waals surface area contributed by atoms with Crippen molar-refractivity contribution in [2.24, 2.45) is 0 Å². The Morgan fingerprint density at radius 3 is 2.85 bits per heavy atom. The number of halogens is 3. The van der Waals surface area contributed by atoms with E-state index in [0.29, 0.717) is 48.5 Å². The summed E-state index contributed by atoms with van der Waals surface area (Å²) in [6.45, 7) is 2.06. The number of nitrogens with zero attached hydrogens (tertiary/aromatic N) is 4. The third-order valence-electron chi connectivity index (χ3n) is 5.12. The Kier molecular flexibility index (Phi) is 7.09. The van der Waals surface area contributed by atoms with Crippen LogP contribution in [0.5, 0.6) is 11.5 Å². The number of rotatable bonds is 9. The van der Waals surface area contributed by atoms with Crippen molar-refractivity contribution < 1.29 is 31.9 Å². The largest absolute Gasteiger partial charge is 0.573 e. The van der Waals surface area contributed by atoms with Crippen LogP contribution >= 0.6 is 0 Å². The predicted molar refractivity (Wildman–Crippen MR) is 110 cm³/mol. The molecule has 0 saturated carbocycles. The Morgan fingerprint density at radius 2 is 2.03 bits per heavy atom. The van der Waals surface area contributed by atoms with Crippen molar-refractivity contribution >= 4 is 0 Å². The second-order valence-electron chi connectivity index (χ2n) is 7.50. The molecule has 176 valence electrons. The van der Waals surface area contributed by atoms with Gasteiger partial charge in [-0.1, -0.05) is 17.3 Å². The van der Waals surface area contributed by atoms with Crippen molar-refractivity contribution in [3.8, 4) is 23.0 Å². The zero-order chi connectivity index (χ0) is 23.3. The number of aromatic nitrogens is 3. The van der Waals surface area contributed by atoms with Crippen LogP contribution < -0.4 is 9.47 Å². The average Bonchev–Trinajstić information content (AvgIpc) is 3.43. The molecule has 0 bridgehead atoms. The zero-order valence-corrected chi connectivity index (χ0v) is 17.9.